The quantitative estimate of drug-likeness (QED) is 0.510. The van der Waals surface area contributed by atoms with Crippen molar-refractivity contribution in [2.45, 2.75) is 46.5 Å². The van der Waals surface area contributed by atoms with Crippen molar-refractivity contribution in [2.75, 3.05) is 6.61 Å². The average Bonchev–Trinajstić information content (AvgIpc) is 2.73. The Hall–Kier alpha value is -3.33. The summed E-state index contributed by atoms with van der Waals surface area (Å²) in [5.74, 6) is -1.26. The summed E-state index contributed by atoms with van der Waals surface area (Å²) in [6, 6.07) is 7.45. The van der Waals surface area contributed by atoms with E-state index < -0.39 is 46.8 Å². The number of aryl methyl sites for hydroxylation is 1. The van der Waals surface area contributed by atoms with Gasteiger partial charge in [0.1, 0.15) is 17.9 Å². The van der Waals surface area contributed by atoms with Gasteiger partial charge in [-0.1, -0.05) is 39.0 Å². The van der Waals surface area contributed by atoms with Crippen LogP contribution in [0.4, 0.5) is 13.2 Å². The van der Waals surface area contributed by atoms with Crippen LogP contribution in [-0.2, 0) is 12.8 Å². The first-order valence-corrected chi connectivity index (χ1v) is 10.6. The lowest BCUT2D eigenvalue weighted by atomic mass is 9.86. The second-order valence-corrected chi connectivity index (χ2v) is 9.23. The molecule has 0 aliphatic carbocycles. The van der Waals surface area contributed by atoms with E-state index in [4.69, 9.17) is 4.74 Å². The number of nitrogens with zero attached hydrogens (tertiary/aromatic N) is 1. The van der Waals surface area contributed by atoms with Crippen LogP contribution >= 0.6 is 0 Å². The highest BCUT2D eigenvalue weighted by atomic mass is 19.4. The molecule has 0 aliphatic rings. The van der Waals surface area contributed by atoms with Crippen LogP contribution in [0.15, 0.2) is 47.4 Å². The Bertz CT molecular complexity index is 1290. The predicted octanol–water partition coefficient (Wildman–Crippen LogP) is 5.19. The molecule has 1 heterocycles. The number of benzene rings is 2. The van der Waals surface area contributed by atoms with Gasteiger partial charge in [0, 0.05) is 11.8 Å². The standard InChI is InChI=1S/C25H26F3NO5/c1-14-9-19-16(10-20(14)34-13-15-7-5-6-8-18(15)25(26,27)28)22(31)17(23(32)33)11-29(19)21(12-30)24(2,3)4/h5-11,21,30H,12-13H2,1-4H3,(H,32,33)/t21-/m1/s1. The number of pyridine rings is 1. The Balaban J connectivity index is 2.16. The minimum atomic E-state index is -4.55. The summed E-state index contributed by atoms with van der Waals surface area (Å²) >= 11 is 0. The van der Waals surface area contributed by atoms with E-state index in [-0.39, 0.29) is 23.3 Å². The van der Waals surface area contributed by atoms with Gasteiger partial charge in [-0.3, -0.25) is 4.79 Å². The van der Waals surface area contributed by atoms with Crippen LogP contribution in [0.25, 0.3) is 10.9 Å². The highest BCUT2D eigenvalue weighted by Gasteiger charge is 2.33. The highest BCUT2D eigenvalue weighted by molar-refractivity contribution is 5.93. The Morgan fingerprint density at radius 1 is 1.15 bits per heavy atom. The van der Waals surface area contributed by atoms with Crippen molar-refractivity contribution < 1.29 is 32.9 Å². The molecule has 0 saturated heterocycles. The number of aliphatic hydroxyl groups is 1. The smallest absolute Gasteiger partial charge is 0.416 e. The summed E-state index contributed by atoms with van der Waals surface area (Å²) in [5.41, 5.74) is -1.66. The lowest BCUT2D eigenvalue weighted by molar-refractivity contribution is -0.138. The molecule has 0 bridgehead atoms. The van der Waals surface area contributed by atoms with Crippen molar-refractivity contribution in [3.63, 3.8) is 0 Å². The molecular formula is C25H26F3NO5. The van der Waals surface area contributed by atoms with Crippen LogP contribution in [0.3, 0.4) is 0 Å². The fourth-order valence-corrected chi connectivity index (χ4v) is 3.90. The largest absolute Gasteiger partial charge is 0.489 e. The molecule has 3 aromatic rings. The zero-order valence-corrected chi connectivity index (χ0v) is 19.2. The molecule has 1 atom stereocenters. The lowest BCUT2D eigenvalue weighted by Crippen LogP contribution is -2.30. The molecule has 0 radical (unpaired) electrons. The van der Waals surface area contributed by atoms with Gasteiger partial charge in [-0.05, 0) is 36.1 Å². The van der Waals surface area contributed by atoms with E-state index in [0.717, 1.165) is 6.07 Å². The minimum absolute atomic E-state index is 0.0345. The molecule has 3 rings (SSSR count). The lowest BCUT2D eigenvalue weighted by Gasteiger charge is -2.33. The normalized spacial score (nSPS) is 13.2. The van der Waals surface area contributed by atoms with E-state index >= 15 is 0 Å². The van der Waals surface area contributed by atoms with Gasteiger partial charge in [0.2, 0.25) is 5.43 Å². The van der Waals surface area contributed by atoms with Gasteiger partial charge in [-0.2, -0.15) is 13.2 Å². The van der Waals surface area contributed by atoms with Gasteiger partial charge in [0.05, 0.1) is 29.1 Å². The maximum Gasteiger partial charge on any atom is 0.416 e. The van der Waals surface area contributed by atoms with E-state index in [2.05, 4.69) is 0 Å². The number of carboxylic acids is 1. The minimum Gasteiger partial charge on any atom is -0.489 e. The van der Waals surface area contributed by atoms with Crippen LogP contribution in [0, 0.1) is 12.3 Å². The summed E-state index contributed by atoms with van der Waals surface area (Å²) in [5, 5.41) is 19.6. The van der Waals surface area contributed by atoms with Gasteiger partial charge in [0.15, 0.2) is 0 Å². The summed E-state index contributed by atoms with van der Waals surface area (Å²) in [7, 11) is 0. The number of alkyl halides is 3. The maximum atomic E-state index is 13.3. The van der Waals surface area contributed by atoms with Crippen molar-refractivity contribution in [3.05, 3.63) is 75.1 Å². The molecule has 0 unspecified atom stereocenters. The number of aromatic carboxylic acids is 1. The summed E-state index contributed by atoms with van der Waals surface area (Å²) in [6.07, 6.45) is -3.33. The second kappa shape index (κ2) is 9.13. The molecule has 0 amide bonds. The molecule has 182 valence electrons. The third-order valence-corrected chi connectivity index (χ3v) is 5.77. The number of aromatic nitrogens is 1. The Morgan fingerprint density at radius 3 is 2.35 bits per heavy atom. The number of aliphatic hydroxyl groups excluding tert-OH is 1. The number of hydrogen-bond acceptors (Lipinski definition) is 4. The van der Waals surface area contributed by atoms with Crippen LogP contribution < -0.4 is 10.2 Å². The molecule has 0 fully saturated rings. The Kier molecular flexibility index (Phi) is 6.80. The Morgan fingerprint density at radius 2 is 1.79 bits per heavy atom. The summed E-state index contributed by atoms with van der Waals surface area (Å²) in [4.78, 5) is 24.7. The van der Waals surface area contributed by atoms with Crippen LogP contribution in [0.5, 0.6) is 5.75 Å². The molecule has 9 heteroatoms. The predicted molar refractivity (Wildman–Crippen MR) is 121 cm³/mol. The monoisotopic (exact) mass is 477 g/mol. The molecule has 0 spiro atoms. The van der Waals surface area contributed by atoms with E-state index in [1.807, 2.05) is 20.8 Å². The van der Waals surface area contributed by atoms with Gasteiger partial charge in [0.25, 0.3) is 0 Å². The fraction of sp³-hybridized carbons (Fsp3) is 0.360. The maximum absolute atomic E-state index is 13.3. The van der Waals surface area contributed by atoms with Gasteiger partial charge in [-0.25, -0.2) is 4.79 Å². The number of ether oxygens (including phenoxy) is 1. The molecule has 34 heavy (non-hydrogen) atoms. The number of hydrogen-bond donors (Lipinski definition) is 2. The van der Waals surface area contributed by atoms with Crippen molar-refractivity contribution in [2.24, 2.45) is 5.41 Å². The van der Waals surface area contributed by atoms with Crippen LogP contribution in [-0.4, -0.2) is 27.4 Å². The number of carboxylic acid groups (broad SMARTS) is 1. The number of carbonyl (C=O) groups is 1. The van der Waals surface area contributed by atoms with Crippen molar-refractivity contribution >= 4 is 16.9 Å². The topological polar surface area (TPSA) is 88.8 Å². The summed E-state index contributed by atoms with van der Waals surface area (Å²) in [6.45, 7) is 6.61. The Labute approximate surface area is 194 Å². The fourth-order valence-electron chi connectivity index (χ4n) is 3.90. The van der Waals surface area contributed by atoms with Crippen molar-refractivity contribution in [1.82, 2.24) is 4.57 Å². The molecule has 2 N–H and O–H groups in total. The first-order valence-electron chi connectivity index (χ1n) is 10.6. The molecule has 2 aromatic carbocycles. The summed E-state index contributed by atoms with van der Waals surface area (Å²) < 4.78 is 47.2. The third kappa shape index (κ3) is 4.94. The molecule has 0 saturated carbocycles. The van der Waals surface area contributed by atoms with Crippen molar-refractivity contribution in [1.29, 1.82) is 0 Å². The van der Waals surface area contributed by atoms with Crippen molar-refractivity contribution in [3.8, 4) is 5.75 Å². The van der Waals surface area contributed by atoms with Crippen LogP contribution in [0.2, 0.25) is 0 Å². The highest BCUT2D eigenvalue weighted by Crippen LogP contribution is 2.35. The molecular weight excluding hydrogens is 451 g/mol. The third-order valence-electron chi connectivity index (χ3n) is 5.77. The second-order valence-electron chi connectivity index (χ2n) is 9.23. The molecule has 6 nitrogen and oxygen atoms in total. The van der Waals surface area contributed by atoms with E-state index in [9.17, 15) is 33.0 Å². The zero-order chi connectivity index (χ0) is 25.4. The van der Waals surface area contributed by atoms with E-state index in [1.165, 1.54) is 30.5 Å². The first kappa shape index (κ1) is 25.3. The van der Waals surface area contributed by atoms with E-state index in [1.54, 1.807) is 17.6 Å². The van der Waals surface area contributed by atoms with Crippen LogP contribution in [0.1, 0.15) is 53.9 Å². The van der Waals surface area contributed by atoms with Gasteiger partial charge >= 0.3 is 12.1 Å². The molecule has 0 aliphatic heterocycles. The number of rotatable bonds is 6. The molecule has 1 aromatic heterocycles. The van der Waals surface area contributed by atoms with Gasteiger partial charge < -0.3 is 19.5 Å². The first-order chi connectivity index (χ1) is 15.8. The SMILES string of the molecule is Cc1cc2c(cc1OCc1ccccc1C(F)(F)F)c(=O)c(C(=O)O)cn2[C@H](CO)C(C)(C)C. The average molecular weight is 477 g/mol. The zero-order valence-electron chi connectivity index (χ0n) is 19.2. The number of halogens is 3. The van der Waals surface area contributed by atoms with E-state index in [0.29, 0.717) is 11.1 Å². The van der Waals surface area contributed by atoms with Gasteiger partial charge in [-0.15, -0.1) is 0 Å². The number of fused-ring (bicyclic) bond motifs is 1.